The second-order valence-corrected chi connectivity index (χ2v) is 6.00. The van der Waals surface area contributed by atoms with Crippen molar-refractivity contribution >= 4 is 0 Å². The molecule has 0 N–H and O–H groups in total. The van der Waals surface area contributed by atoms with Crippen LogP contribution in [-0.4, -0.2) is 23.5 Å². The van der Waals surface area contributed by atoms with Gasteiger partial charge in [0.2, 0.25) is 0 Å². The van der Waals surface area contributed by atoms with Crippen LogP contribution in [0.1, 0.15) is 92.4 Å². The Morgan fingerprint density at radius 3 is 1.72 bits per heavy atom. The third-order valence-electron chi connectivity index (χ3n) is 4.33. The van der Waals surface area contributed by atoms with Gasteiger partial charge >= 0.3 is 0 Å². The Morgan fingerprint density at radius 2 is 1.28 bits per heavy atom. The molecule has 0 aliphatic rings. The minimum atomic E-state index is 0.443. The summed E-state index contributed by atoms with van der Waals surface area (Å²) in [7, 11) is 0. The maximum Gasteiger partial charge on any atom is 0.0178 e. The SMILES string of the molecule is CCCCCCCC(C)(CC)N(CCC)CCC. The monoisotopic (exact) mass is 255 g/mol. The summed E-state index contributed by atoms with van der Waals surface area (Å²) >= 11 is 0. The smallest absolute Gasteiger partial charge is 0.0178 e. The lowest BCUT2D eigenvalue weighted by Gasteiger charge is -2.41. The van der Waals surface area contributed by atoms with Gasteiger partial charge < -0.3 is 0 Å². The molecule has 0 heterocycles. The normalized spacial score (nSPS) is 15.0. The van der Waals surface area contributed by atoms with E-state index in [-0.39, 0.29) is 0 Å². The second-order valence-electron chi connectivity index (χ2n) is 6.00. The van der Waals surface area contributed by atoms with E-state index >= 15 is 0 Å². The zero-order valence-corrected chi connectivity index (χ0v) is 13.7. The van der Waals surface area contributed by atoms with Gasteiger partial charge in [0, 0.05) is 5.54 Å². The van der Waals surface area contributed by atoms with Crippen molar-refractivity contribution in [2.45, 2.75) is 97.9 Å². The third-order valence-corrected chi connectivity index (χ3v) is 4.33. The summed E-state index contributed by atoms with van der Waals surface area (Å²) in [6, 6.07) is 0. The van der Waals surface area contributed by atoms with E-state index in [4.69, 9.17) is 0 Å². The molecule has 0 aliphatic carbocycles. The predicted octanol–water partition coefficient (Wildman–Crippen LogP) is 5.64. The van der Waals surface area contributed by atoms with Gasteiger partial charge in [0.25, 0.3) is 0 Å². The zero-order chi connectivity index (χ0) is 13.9. The van der Waals surface area contributed by atoms with E-state index in [1.165, 1.54) is 70.9 Å². The average molecular weight is 255 g/mol. The van der Waals surface area contributed by atoms with Crippen LogP contribution >= 0.6 is 0 Å². The lowest BCUT2D eigenvalue weighted by atomic mass is 9.88. The highest BCUT2D eigenvalue weighted by Gasteiger charge is 2.28. The molecule has 0 spiro atoms. The van der Waals surface area contributed by atoms with Crippen LogP contribution in [0.5, 0.6) is 0 Å². The molecule has 0 saturated heterocycles. The molecule has 110 valence electrons. The first-order chi connectivity index (χ1) is 8.64. The van der Waals surface area contributed by atoms with E-state index < -0.39 is 0 Å². The van der Waals surface area contributed by atoms with Crippen LogP contribution in [0.2, 0.25) is 0 Å². The van der Waals surface area contributed by atoms with Gasteiger partial charge in [0.15, 0.2) is 0 Å². The molecule has 0 rings (SSSR count). The Kier molecular flexibility index (Phi) is 10.8. The van der Waals surface area contributed by atoms with E-state index in [1.807, 2.05) is 0 Å². The van der Waals surface area contributed by atoms with E-state index in [1.54, 1.807) is 0 Å². The maximum atomic E-state index is 2.74. The first kappa shape index (κ1) is 18.0. The van der Waals surface area contributed by atoms with Crippen molar-refractivity contribution in [1.29, 1.82) is 0 Å². The largest absolute Gasteiger partial charge is 0.298 e. The number of unbranched alkanes of at least 4 members (excludes halogenated alkanes) is 4. The van der Waals surface area contributed by atoms with Gasteiger partial charge in [-0.1, -0.05) is 59.8 Å². The molecule has 0 radical (unpaired) electrons. The van der Waals surface area contributed by atoms with Gasteiger partial charge in [-0.15, -0.1) is 0 Å². The summed E-state index contributed by atoms with van der Waals surface area (Å²) in [5, 5.41) is 0. The highest BCUT2D eigenvalue weighted by atomic mass is 15.2. The molecule has 0 aliphatic heterocycles. The lowest BCUT2D eigenvalue weighted by Crippen LogP contribution is -2.46. The Bertz CT molecular complexity index is 172. The van der Waals surface area contributed by atoms with E-state index in [2.05, 4.69) is 39.5 Å². The molecular formula is C17H37N. The molecule has 0 bridgehead atoms. The van der Waals surface area contributed by atoms with Gasteiger partial charge in [-0.3, -0.25) is 4.90 Å². The van der Waals surface area contributed by atoms with Crippen molar-refractivity contribution in [3.05, 3.63) is 0 Å². The number of hydrogen-bond donors (Lipinski definition) is 0. The van der Waals surface area contributed by atoms with Crippen LogP contribution in [0.3, 0.4) is 0 Å². The van der Waals surface area contributed by atoms with Gasteiger partial charge in [-0.05, 0) is 45.7 Å². The average Bonchev–Trinajstić information content (AvgIpc) is 2.38. The van der Waals surface area contributed by atoms with Crippen molar-refractivity contribution in [2.75, 3.05) is 13.1 Å². The second kappa shape index (κ2) is 10.8. The Labute approximate surface area is 116 Å². The quantitative estimate of drug-likeness (QED) is 0.408. The van der Waals surface area contributed by atoms with Crippen molar-refractivity contribution in [3.8, 4) is 0 Å². The first-order valence-electron chi connectivity index (χ1n) is 8.39. The van der Waals surface area contributed by atoms with E-state index in [9.17, 15) is 0 Å². The van der Waals surface area contributed by atoms with E-state index in [0.717, 1.165) is 0 Å². The highest BCUT2D eigenvalue weighted by Crippen LogP contribution is 2.27. The predicted molar refractivity (Wildman–Crippen MR) is 84.2 cm³/mol. The molecule has 18 heavy (non-hydrogen) atoms. The van der Waals surface area contributed by atoms with Crippen LogP contribution in [0.15, 0.2) is 0 Å². The number of nitrogens with zero attached hydrogens (tertiary/aromatic N) is 1. The Morgan fingerprint density at radius 1 is 0.722 bits per heavy atom. The summed E-state index contributed by atoms with van der Waals surface area (Å²) in [6.45, 7) is 14.3. The zero-order valence-electron chi connectivity index (χ0n) is 13.7. The molecular weight excluding hydrogens is 218 g/mol. The molecule has 1 nitrogen and oxygen atoms in total. The van der Waals surface area contributed by atoms with Crippen molar-refractivity contribution in [3.63, 3.8) is 0 Å². The van der Waals surface area contributed by atoms with Gasteiger partial charge in [-0.25, -0.2) is 0 Å². The molecule has 0 saturated carbocycles. The molecule has 1 atom stereocenters. The van der Waals surface area contributed by atoms with Gasteiger partial charge in [-0.2, -0.15) is 0 Å². The van der Waals surface area contributed by atoms with Crippen molar-refractivity contribution < 1.29 is 0 Å². The fourth-order valence-electron chi connectivity index (χ4n) is 2.86. The molecule has 0 fully saturated rings. The summed E-state index contributed by atoms with van der Waals surface area (Å²) in [4.78, 5) is 2.74. The van der Waals surface area contributed by atoms with Crippen LogP contribution in [-0.2, 0) is 0 Å². The highest BCUT2D eigenvalue weighted by molar-refractivity contribution is 4.84. The number of hydrogen-bond acceptors (Lipinski definition) is 1. The molecule has 0 aromatic heterocycles. The Hall–Kier alpha value is -0.0400. The fourth-order valence-corrected chi connectivity index (χ4v) is 2.86. The van der Waals surface area contributed by atoms with Crippen LogP contribution < -0.4 is 0 Å². The molecule has 0 aromatic carbocycles. The number of rotatable bonds is 12. The van der Waals surface area contributed by atoms with Crippen LogP contribution in [0.25, 0.3) is 0 Å². The van der Waals surface area contributed by atoms with Gasteiger partial charge in [0.1, 0.15) is 0 Å². The standard InChI is InChI=1S/C17H37N/c1-6-10-11-12-13-14-17(5,9-4)18(15-7-2)16-8-3/h6-16H2,1-5H3. The fraction of sp³-hybridized carbons (Fsp3) is 1.00. The van der Waals surface area contributed by atoms with Crippen LogP contribution in [0, 0.1) is 0 Å². The first-order valence-corrected chi connectivity index (χ1v) is 8.39. The third kappa shape index (κ3) is 6.78. The van der Waals surface area contributed by atoms with E-state index in [0.29, 0.717) is 5.54 Å². The molecule has 0 amide bonds. The Balaban J connectivity index is 4.18. The van der Waals surface area contributed by atoms with Gasteiger partial charge in [0.05, 0.1) is 0 Å². The molecule has 1 unspecified atom stereocenters. The minimum absolute atomic E-state index is 0.443. The van der Waals surface area contributed by atoms with Crippen molar-refractivity contribution in [2.24, 2.45) is 0 Å². The molecule has 0 aromatic rings. The van der Waals surface area contributed by atoms with Crippen molar-refractivity contribution in [1.82, 2.24) is 4.90 Å². The minimum Gasteiger partial charge on any atom is -0.298 e. The maximum absolute atomic E-state index is 2.74. The summed E-state index contributed by atoms with van der Waals surface area (Å²) in [6.07, 6.45) is 12.3. The summed E-state index contributed by atoms with van der Waals surface area (Å²) in [5.41, 5.74) is 0.443. The summed E-state index contributed by atoms with van der Waals surface area (Å²) in [5.74, 6) is 0. The summed E-state index contributed by atoms with van der Waals surface area (Å²) < 4.78 is 0. The topological polar surface area (TPSA) is 3.24 Å². The lowest BCUT2D eigenvalue weighted by molar-refractivity contribution is 0.0868. The van der Waals surface area contributed by atoms with Crippen LogP contribution in [0.4, 0.5) is 0 Å². The molecule has 1 heteroatoms.